The van der Waals surface area contributed by atoms with Crippen LogP contribution in [0, 0.1) is 5.41 Å². The number of hydrogen-bond acceptors (Lipinski definition) is 2. The van der Waals surface area contributed by atoms with Gasteiger partial charge in [-0.1, -0.05) is 43.1 Å². The maximum Gasteiger partial charge on any atom is 0.135 e. The lowest BCUT2D eigenvalue weighted by atomic mass is 9.82. The fourth-order valence-corrected chi connectivity index (χ4v) is 2.52. The predicted octanol–water partition coefficient (Wildman–Crippen LogP) is 4.01. The average Bonchev–Trinajstić information content (AvgIpc) is 2.25. The molecular formula is C13H18Cl2N2. The molecule has 1 aromatic heterocycles. The van der Waals surface area contributed by atoms with Gasteiger partial charge >= 0.3 is 0 Å². The Kier molecular flexibility index (Phi) is 3.96. The molecule has 1 fully saturated rings. The van der Waals surface area contributed by atoms with Crippen molar-refractivity contribution in [3.05, 3.63) is 28.0 Å². The number of pyridine rings is 1. The average molecular weight is 273 g/mol. The first-order chi connectivity index (χ1) is 7.96. The lowest BCUT2D eigenvalue weighted by Crippen LogP contribution is -2.36. The van der Waals surface area contributed by atoms with Gasteiger partial charge in [-0.05, 0) is 37.4 Å². The van der Waals surface area contributed by atoms with Crippen LogP contribution in [-0.4, -0.2) is 23.0 Å². The van der Waals surface area contributed by atoms with Crippen molar-refractivity contribution in [2.45, 2.75) is 33.2 Å². The Balaban J connectivity index is 1.98. The number of likely N-dealkylation sites (tertiary alicyclic amines) is 1. The maximum absolute atomic E-state index is 6.08. The van der Waals surface area contributed by atoms with Crippen molar-refractivity contribution in [1.29, 1.82) is 0 Å². The maximum atomic E-state index is 6.08. The van der Waals surface area contributed by atoms with Crippen LogP contribution < -0.4 is 0 Å². The van der Waals surface area contributed by atoms with E-state index in [2.05, 4.69) is 23.7 Å². The largest absolute Gasteiger partial charge is 0.299 e. The first-order valence-electron chi connectivity index (χ1n) is 6.00. The van der Waals surface area contributed by atoms with Crippen LogP contribution in [0.4, 0.5) is 0 Å². The van der Waals surface area contributed by atoms with Crippen molar-refractivity contribution in [2.24, 2.45) is 5.41 Å². The number of rotatable bonds is 2. The van der Waals surface area contributed by atoms with Gasteiger partial charge in [0.25, 0.3) is 0 Å². The van der Waals surface area contributed by atoms with Gasteiger partial charge in [-0.2, -0.15) is 0 Å². The Labute approximate surface area is 113 Å². The minimum absolute atomic E-state index is 0.457. The van der Waals surface area contributed by atoms with Crippen molar-refractivity contribution >= 4 is 23.2 Å². The van der Waals surface area contributed by atoms with Gasteiger partial charge in [0.05, 0.1) is 0 Å². The highest BCUT2D eigenvalue weighted by molar-refractivity contribution is 6.32. The third kappa shape index (κ3) is 3.57. The predicted molar refractivity (Wildman–Crippen MR) is 72.5 cm³/mol. The highest BCUT2D eigenvalue weighted by Gasteiger charge is 2.25. The van der Waals surface area contributed by atoms with E-state index in [4.69, 9.17) is 23.2 Å². The van der Waals surface area contributed by atoms with E-state index in [-0.39, 0.29) is 0 Å². The van der Waals surface area contributed by atoms with Crippen LogP contribution in [0.2, 0.25) is 10.3 Å². The van der Waals surface area contributed by atoms with Gasteiger partial charge in [0.15, 0.2) is 0 Å². The van der Waals surface area contributed by atoms with Crippen molar-refractivity contribution in [1.82, 2.24) is 9.88 Å². The molecule has 2 nitrogen and oxygen atoms in total. The molecule has 0 amide bonds. The second kappa shape index (κ2) is 5.13. The third-order valence-electron chi connectivity index (χ3n) is 3.50. The van der Waals surface area contributed by atoms with E-state index >= 15 is 0 Å². The first-order valence-corrected chi connectivity index (χ1v) is 6.75. The zero-order valence-electron chi connectivity index (χ0n) is 10.3. The lowest BCUT2D eigenvalue weighted by Gasteiger charge is -2.36. The van der Waals surface area contributed by atoms with Gasteiger partial charge in [-0.3, -0.25) is 4.90 Å². The van der Waals surface area contributed by atoms with Crippen LogP contribution in [0.3, 0.4) is 0 Å². The number of hydrogen-bond donors (Lipinski definition) is 0. The molecule has 0 bridgehead atoms. The van der Waals surface area contributed by atoms with E-state index in [0.29, 0.717) is 15.7 Å². The molecular weight excluding hydrogens is 255 g/mol. The Morgan fingerprint density at radius 1 is 1.24 bits per heavy atom. The highest BCUT2D eigenvalue weighted by Crippen LogP contribution is 2.30. The normalized spacial score (nSPS) is 20.5. The quantitative estimate of drug-likeness (QED) is 0.757. The summed E-state index contributed by atoms with van der Waals surface area (Å²) < 4.78 is 0. The summed E-state index contributed by atoms with van der Waals surface area (Å²) in [7, 11) is 0. The molecule has 0 aliphatic carbocycles. The van der Waals surface area contributed by atoms with E-state index in [1.165, 1.54) is 12.8 Å². The molecule has 0 atom stereocenters. The van der Waals surface area contributed by atoms with Crippen molar-refractivity contribution in [3.63, 3.8) is 0 Å². The molecule has 2 heterocycles. The summed E-state index contributed by atoms with van der Waals surface area (Å²) in [6, 6.07) is 3.77. The summed E-state index contributed by atoms with van der Waals surface area (Å²) in [5.41, 5.74) is 1.55. The monoisotopic (exact) mass is 272 g/mol. The number of nitrogens with zero attached hydrogens (tertiary/aromatic N) is 2. The second-order valence-corrected chi connectivity index (χ2v) is 6.27. The standard InChI is InChI=1S/C13H18Cl2N2/c1-13(2)5-7-17(8-6-13)9-10-3-4-11(14)16-12(10)15/h3-4H,5-9H2,1-2H3. The van der Waals surface area contributed by atoms with Crippen LogP contribution in [0.5, 0.6) is 0 Å². The molecule has 4 heteroatoms. The number of aromatic nitrogens is 1. The van der Waals surface area contributed by atoms with Crippen LogP contribution in [0.15, 0.2) is 12.1 Å². The molecule has 0 radical (unpaired) electrons. The molecule has 0 N–H and O–H groups in total. The topological polar surface area (TPSA) is 16.1 Å². The first kappa shape index (κ1) is 13.1. The summed E-state index contributed by atoms with van der Waals surface area (Å²) in [4.78, 5) is 6.50. The Morgan fingerprint density at radius 3 is 2.47 bits per heavy atom. The molecule has 2 rings (SSSR count). The molecule has 0 unspecified atom stereocenters. The SMILES string of the molecule is CC1(C)CCN(Cc2ccc(Cl)nc2Cl)CC1. The fourth-order valence-electron chi connectivity index (χ4n) is 2.12. The second-order valence-electron chi connectivity index (χ2n) is 5.52. The Morgan fingerprint density at radius 2 is 1.88 bits per heavy atom. The molecule has 1 aromatic rings. The molecule has 17 heavy (non-hydrogen) atoms. The van der Waals surface area contributed by atoms with Crippen LogP contribution in [0.1, 0.15) is 32.3 Å². The molecule has 0 spiro atoms. The molecule has 0 saturated carbocycles. The van der Waals surface area contributed by atoms with Crippen LogP contribution in [-0.2, 0) is 6.54 Å². The Bertz CT molecular complexity index is 394. The van der Waals surface area contributed by atoms with Crippen LogP contribution >= 0.6 is 23.2 Å². The fraction of sp³-hybridized carbons (Fsp3) is 0.615. The minimum atomic E-state index is 0.457. The summed E-state index contributed by atoms with van der Waals surface area (Å²) in [6.07, 6.45) is 2.48. The summed E-state index contributed by atoms with van der Waals surface area (Å²) >= 11 is 11.9. The number of piperidine rings is 1. The van der Waals surface area contributed by atoms with E-state index in [9.17, 15) is 0 Å². The lowest BCUT2D eigenvalue weighted by molar-refractivity contribution is 0.127. The van der Waals surface area contributed by atoms with Crippen molar-refractivity contribution in [3.8, 4) is 0 Å². The van der Waals surface area contributed by atoms with Gasteiger partial charge in [-0.25, -0.2) is 4.98 Å². The summed E-state index contributed by atoms with van der Waals surface area (Å²) in [5.74, 6) is 0. The molecule has 1 aliphatic heterocycles. The van der Waals surface area contributed by atoms with Gasteiger partial charge in [0, 0.05) is 12.1 Å². The minimum Gasteiger partial charge on any atom is -0.299 e. The van der Waals surface area contributed by atoms with Crippen molar-refractivity contribution in [2.75, 3.05) is 13.1 Å². The number of halogens is 2. The smallest absolute Gasteiger partial charge is 0.135 e. The van der Waals surface area contributed by atoms with Gasteiger partial charge in [0.1, 0.15) is 10.3 Å². The molecule has 0 aromatic carbocycles. The van der Waals surface area contributed by atoms with E-state index in [1.807, 2.05) is 6.07 Å². The van der Waals surface area contributed by atoms with Gasteiger partial charge in [-0.15, -0.1) is 0 Å². The third-order valence-corrected chi connectivity index (χ3v) is 4.03. The van der Waals surface area contributed by atoms with Crippen molar-refractivity contribution < 1.29 is 0 Å². The van der Waals surface area contributed by atoms with Gasteiger partial charge < -0.3 is 0 Å². The van der Waals surface area contributed by atoms with E-state index in [0.717, 1.165) is 25.2 Å². The van der Waals surface area contributed by atoms with Gasteiger partial charge in [0.2, 0.25) is 0 Å². The molecule has 1 saturated heterocycles. The van der Waals surface area contributed by atoms with E-state index in [1.54, 1.807) is 6.07 Å². The summed E-state index contributed by atoms with van der Waals surface area (Å²) in [6.45, 7) is 7.80. The Hall–Kier alpha value is -0.310. The zero-order valence-corrected chi connectivity index (χ0v) is 11.9. The van der Waals surface area contributed by atoms with E-state index < -0.39 is 0 Å². The molecule has 1 aliphatic rings. The molecule has 94 valence electrons. The summed E-state index contributed by atoms with van der Waals surface area (Å²) in [5, 5.41) is 0.987. The highest BCUT2D eigenvalue weighted by atomic mass is 35.5. The zero-order chi connectivity index (χ0) is 12.5. The van der Waals surface area contributed by atoms with Crippen LogP contribution in [0.25, 0.3) is 0 Å².